The summed E-state index contributed by atoms with van der Waals surface area (Å²) < 4.78 is 9.69. The molecule has 5 nitrogen and oxygen atoms in total. The summed E-state index contributed by atoms with van der Waals surface area (Å²) in [7, 11) is 1.51. The van der Waals surface area contributed by atoms with Crippen LogP contribution >= 0.6 is 0 Å². The van der Waals surface area contributed by atoms with E-state index >= 15 is 0 Å². The zero-order valence-corrected chi connectivity index (χ0v) is 7.37. The molecule has 1 N–H and O–H groups in total. The van der Waals surface area contributed by atoms with Crippen LogP contribution < -0.4 is 15.9 Å². The van der Waals surface area contributed by atoms with Crippen molar-refractivity contribution in [3.8, 4) is 5.75 Å². The summed E-state index contributed by atoms with van der Waals surface area (Å²) in [4.78, 5) is 24.2. The lowest BCUT2D eigenvalue weighted by molar-refractivity contribution is 0.415. The molecule has 72 valence electrons. The molecule has 0 bridgehead atoms. The number of aromatic nitrogens is 1. The summed E-state index contributed by atoms with van der Waals surface area (Å²) in [6.07, 6.45) is 0. The van der Waals surface area contributed by atoms with Crippen LogP contribution in [0, 0.1) is 0 Å². The highest BCUT2D eigenvalue weighted by atomic mass is 16.5. The number of rotatable bonds is 1. The minimum absolute atomic E-state index is 0.329. The van der Waals surface area contributed by atoms with Crippen molar-refractivity contribution in [2.45, 2.75) is 0 Å². The molecular weight excluding hydrogens is 186 g/mol. The molecule has 1 heterocycles. The SMILES string of the molecule is COc1ccc2oc(=O)c(=O)[nH]c2c1. The van der Waals surface area contributed by atoms with Crippen molar-refractivity contribution < 1.29 is 9.15 Å². The lowest BCUT2D eigenvalue weighted by Gasteiger charge is -1.99. The average molecular weight is 193 g/mol. The first-order valence-corrected chi connectivity index (χ1v) is 3.92. The third-order valence-electron chi connectivity index (χ3n) is 1.82. The molecule has 0 saturated carbocycles. The van der Waals surface area contributed by atoms with E-state index in [0.717, 1.165) is 0 Å². The Bertz CT molecular complexity index is 581. The van der Waals surface area contributed by atoms with Crippen LogP contribution in [0.2, 0.25) is 0 Å². The molecule has 5 heteroatoms. The zero-order valence-electron chi connectivity index (χ0n) is 7.37. The van der Waals surface area contributed by atoms with Crippen molar-refractivity contribution in [2.75, 3.05) is 7.11 Å². The van der Waals surface area contributed by atoms with Gasteiger partial charge in [0.05, 0.1) is 12.6 Å². The highest BCUT2D eigenvalue weighted by Gasteiger charge is 2.02. The molecule has 0 spiro atoms. The summed E-state index contributed by atoms with van der Waals surface area (Å²) in [6.45, 7) is 0. The maximum atomic E-state index is 10.9. The standard InChI is InChI=1S/C9H7NO4/c1-13-5-2-3-7-6(4-5)10-8(11)9(12)14-7/h2-4H,1H3,(H,10,11). The number of fused-ring (bicyclic) bond motifs is 1. The van der Waals surface area contributed by atoms with E-state index in [0.29, 0.717) is 16.8 Å². The predicted octanol–water partition coefficient (Wildman–Crippen LogP) is 0.490. The zero-order chi connectivity index (χ0) is 10.1. The smallest absolute Gasteiger partial charge is 0.402 e. The van der Waals surface area contributed by atoms with Crippen molar-refractivity contribution in [3.05, 3.63) is 39.0 Å². The van der Waals surface area contributed by atoms with Gasteiger partial charge in [0.1, 0.15) is 5.75 Å². The highest BCUT2D eigenvalue weighted by Crippen LogP contribution is 2.16. The molecule has 0 aliphatic rings. The van der Waals surface area contributed by atoms with E-state index in [2.05, 4.69) is 4.98 Å². The second-order valence-corrected chi connectivity index (χ2v) is 2.71. The maximum Gasteiger partial charge on any atom is 0.402 e. The highest BCUT2D eigenvalue weighted by molar-refractivity contribution is 5.73. The van der Waals surface area contributed by atoms with Crippen LogP contribution in [-0.4, -0.2) is 12.1 Å². The van der Waals surface area contributed by atoms with Crippen molar-refractivity contribution in [1.29, 1.82) is 0 Å². The lowest BCUT2D eigenvalue weighted by atomic mass is 10.3. The van der Waals surface area contributed by atoms with E-state index in [1.165, 1.54) is 7.11 Å². The summed E-state index contributed by atoms with van der Waals surface area (Å²) in [5.41, 5.74) is -0.905. The monoisotopic (exact) mass is 193 g/mol. The number of aromatic amines is 1. The molecule has 0 aliphatic heterocycles. The van der Waals surface area contributed by atoms with Gasteiger partial charge in [0.25, 0.3) is 0 Å². The summed E-state index contributed by atoms with van der Waals surface area (Å²) in [5.74, 6) is 0.585. The van der Waals surface area contributed by atoms with Crippen molar-refractivity contribution in [3.63, 3.8) is 0 Å². The van der Waals surface area contributed by atoms with Gasteiger partial charge in [-0.25, -0.2) is 4.79 Å². The third kappa shape index (κ3) is 1.28. The molecule has 0 saturated heterocycles. The van der Waals surface area contributed by atoms with Gasteiger partial charge in [-0.3, -0.25) is 4.79 Å². The molecule has 14 heavy (non-hydrogen) atoms. The predicted molar refractivity (Wildman–Crippen MR) is 49.7 cm³/mol. The normalized spacial score (nSPS) is 10.4. The van der Waals surface area contributed by atoms with Crippen molar-refractivity contribution >= 4 is 11.1 Å². The van der Waals surface area contributed by atoms with E-state index in [9.17, 15) is 9.59 Å². The van der Waals surface area contributed by atoms with Crippen LogP contribution in [0.3, 0.4) is 0 Å². The number of hydrogen-bond acceptors (Lipinski definition) is 4. The van der Waals surface area contributed by atoms with Crippen LogP contribution in [0.25, 0.3) is 11.1 Å². The number of nitrogens with one attached hydrogen (secondary N) is 1. The van der Waals surface area contributed by atoms with Gasteiger partial charge < -0.3 is 14.1 Å². The molecule has 2 aromatic rings. The summed E-state index contributed by atoms with van der Waals surface area (Å²) in [6, 6.07) is 4.79. The molecule has 1 aromatic carbocycles. The van der Waals surface area contributed by atoms with Crippen LogP contribution in [-0.2, 0) is 0 Å². The fraction of sp³-hybridized carbons (Fsp3) is 0.111. The number of hydrogen-bond donors (Lipinski definition) is 1. The fourth-order valence-electron chi connectivity index (χ4n) is 1.14. The molecule has 0 amide bonds. The maximum absolute atomic E-state index is 10.9. The second kappa shape index (κ2) is 3.02. The molecule has 0 aliphatic carbocycles. The Morgan fingerprint density at radius 3 is 2.86 bits per heavy atom. The van der Waals surface area contributed by atoms with Gasteiger partial charge in [0.15, 0.2) is 5.58 Å². The molecule has 1 aromatic heterocycles. The molecular formula is C9H7NO4. The van der Waals surface area contributed by atoms with E-state index in [-0.39, 0.29) is 0 Å². The van der Waals surface area contributed by atoms with Gasteiger partial charge in [-0.2, -0.15) is 0 Å². The van der Waals surface area contributed by atoms with Crippen LogP contribution in [0.4, 0.5) is 0 Å². The first-order chi connectivity index (χ1) is 6.70. The van der Waals surface area contributed by atoms with Crippen molar-refractivity contribution in [2.24, 2.45) is 0 Å². The first kappa shape index (κ1) is 8.55. The first-order valence-electron chi connectivity index (χ1n) is 3.92. The number of ether oxygens (including phenoxy) is 1. The molecule has 0 atom stereocenters. The summed E-state index contributed by atoms with van der Waals surface area (Å²) in [5, 5.41) is 0. The quantitative estimate of drug-likeness (QED) is 0.669. The van der Waals surface area contributed by atoms with Crippen LogP contribution in [0.1, 0.15) is 0 Å². The fourth-order valence-corrected chi connectivity index (χ4v) is 1.14. The largest absolute Gasteiger partial charge is 0.497 e. The van der Waals surface area contributed by atoms with Gasteiger partial charge in [0, 0.05) is 6.07 Å². The van der Waals surface area contributed by atoms with E-state index in [1.807, 2.05) is 0 Å². The van der Waals surface area contributed by atoms with Crippen molar-refractivity contribution in [1.82, 2.24) is 4.98 Å². The topological polar surface area (TPSA) is 72.3 Å². The minimum atomic E-state index is -0.900. The Labute approximate surface area is 77.9 Å². The van der Waals surface area contributed by atoms with Crippen LogP contribution in [0.5, 0.6) is 5.75 Å². The van der Waals surface area contributed by atoms with Gasteiger partial charge in [-0.1, -0.05) is 0 Å². The Balaban J connectivity index is 2.83. The van der Waals surface area contributed by atoms with Crippen LogP contribution in [0.15, 0.2) is 32.2 Å². The molecule has 0 unspecified atom stereocenters. The Hall–Kier alpha value is -2.04. The van der Waals surface area contributed by atoms with Gasteiger partial charge in [-0.15, -0.1) is 0 Å². The Morgan fingerprint density at radius 1 is 1.36 bits per heavy atom. The second-order valence-electron chi connectivity index (χ2n) is 2.71. The van der Waals surface area contributed by atoms with E-state index < -0.39 is 11.2 Å². The van der Waals surface area contributed by atoms with E-state index in [1.54, 1.807) is 18.2 Å². The molecule has 0 fully saturated rings. The van der Waals surface area contributed by atoms with Gasteiger partial charge >= 0.3 is 11.2 Å². The van der Waals surface area contributed by atoms with Gasteiger partial charge in [0.2, 0.25) is 0 Å². The minimum Gasteiger partial charge on any atom is -0.497 e. The number of methoxy groups -OCH3 is 1. The Kier molecular flexibility index (Phi) is 1.85. The molecule has 2 rings (SSSR count). The third-order valence-corrected chi connectivity index (χ3v) is 1.82. The Morgan fingerprint density at radius 2 is 2.14 bits per heavy atom. The summed E-state index contributed by atoms with van der Waals surface area (Å²) >= 11 is 0. The lowest BCUT2D eigenvalue weighted by Crippen LogP contribution is -2.25. The van der Waals surface area contributed by atoms with E-state index in [4.69, 9.17) is 9.15 Å². The molecule has 0 radical (unpaired) electrons. The number of H-pyrrole nitrogens is 1. The van der Waals surface area contributed by atoms with Gasteiger partial charge in [-0.05, 0) is 12.1 Å². The average Bonchev–Trinajstić information content (AvgIpc) is 2.19. The number of benzene rings is 1.